The molecule has 1 unspecified atom stereocenters. The molecule has 1 aromatic rings. The summed E-state index contributed by atoms with van der Waals surface area (Å²) in [5.74, 6) is 0. The highest BCUT2D eigenvalue weighted by molar-refractivity contribution is 7.10. The van der Waals surface area contributed by atoms with Gasteiger partial charge in [0.1, 0.15) is 0 Å². The molecule has 1 saturated heterocycles. The second-order valence-corrected chi connectivity index (χ2v) is 7.34. The number of piperidine rings is 1. The fraction of sp³-hybridized carbons (Fsp3) is 0.750. The maximum absolute atomic E-state index is 6.20. The van der Waals surface area contributed by atoms with E-state index in [2.05, 4.69) is 55.1 Å². The van der Waals surface area contributed by atoms with E-state index in [1.165, 1.54) is 17.7 Å². The van der Waals surface area contributed by atoms with E-state index in [1.807, 2.05) is 11.3 Å². The van der Waals surface area contributed by atoms with Crippen LogP contribution in [0, 0.1) is 0 Å². The predicted octanol–water partition coefficient (Wildman–Crippen LogP) is 2.94. The average molecular weight is 295 g/mol. The predicted molar refractivity (Wildman–Crippen MR) is 88.2 cm³/mol. The Morgan fingerprint density at radius 2 is 2.00 bits per heavy atom. The first-order valence-electron chi connectivity index (χ1n) is 7.70. The standard InChI is InChI=1S/C16H29N3S/c1-13(2)19-9-7-16(12-17,8-10-19)18(4)14(3)15-6-5-11-20-15/h5-6,11,13-14H,7-10,12,17H2,1-4H3. The molecule has 0 aliphatic carbocycles. The first-order chi connectivity index (χ1) is 9.50. The summed E-state index contributed by atoms with van der Waals surface area (Å²) in [5, 5.41) is 2.16. The molecular weight excluding hydrogens is 266 g/mol. The Balaban J connectivity index is 2.08. The molecule has 4 heteroatoms. The Hall–Kier alpha value is -0.420. The van der Waals surface area contributed by atoms with Crippen LogP contribution in [0.25, 0.3) is 0 Å². The smallest absolute Gasteiger partial charge is 0.0416 e. The zero-order valence-electron chi connectivity index (χ0n) is 13.3. The van der Waals surface area contributed by atoms with Crippen molar-refractivity contribution in [2.24, 2.45) is 5.73 Å². The lowest BCUT2D eigenvalue weighted by Crippen LogP contribution is -2.59. The summed E-state index contributed by atoms with van der Waals surface area (Å²) in [5.41, 5.74) is 6.36. The third-order valence-corrected chi connectivity index (χ3v) is 6.17. The first kappa shape index (κ1) is 16.0. The Morgan fingerprint density at radius 3 is 2.45 bits per heavy atom. The van der Waals surface area contributed by atoms with Crippen LogP contribution in [0.2, 0.25) is 0 Å². The van der Waals surface area contributed by atoms with Crippen LogP contribution < -0.4 is 5.73 Å². The van der Waals surface area contributed by atoms with Crippen LogP contribution in [0.4, 0.5) is 0 Å². The van der Waals surface area contributed by atoms with E-state index < -0.39 is 0 Å². The van der Waals surface area contributed by atoms with Crippen molar-refractivity contribution in [3.8, 4) is 0 Å². The fourth-order valence-corrected chi connectivity index (χ4v) is 4.11. The van der Waals surface area contributed by atoms with E-state index >= 15 is 0 Å². The number of likely N-dealkylation sites (tertiary alicyclic amines) is 1. The lowest BCUT2D eigenvalue weighted by molar-refractivity contribution is 0.0130. The van der Waals surface area contributed by atoms with Gasteiger partial charge in [-0.1, -0.05) is 6.07 Å². The summed E-state index contributed by atoms with van der Waals surface area (Å²) >= 11 is 1.85. The van der Waals surface area contributed by atoms with Gasteiger partial charge in [-0.25, -0.2) is 0 Å². The van der Waals surface area contributed by atoms with Crippen LogP contribution in [0.1, 0.15) is 44.5 Å². The van der Waals surface area contributed by atoms with Gasteiger partial charge in [-0.3, -0.25) is 4.90 Å². The molecule has 0 spiro atoms. The van der Waals surface area contributed by atoms with Crippen LogP contribution in [-0.4, -0.2) is 48.1 Å². The van der Waals surface area contributed by atoms with Gasteiger partial charge in [0.15, 0.2) is 0 Å². The Morgan fingerprint density at radius 1 is 1.35 bits per heavy atom. The molecule has 1 aliphatic rings. The van der Waals surface area contributed by atoms with Crippen molar-refractivity contribution in [3.63, 3.8) is 0 Å². The van der Waals surface area contributed by atoms with Gasteiger partial charge in [0.2, 0.25) is 0 Å². The summed E-state index contributed by atoms with van der Waals surface area (Å²) in [4.78, 5) is 6.53. The number of hydrogen-bond acceptors (Lipinski definition) is 4. The lowest BCUT2D eigenvalue weighted by atomic mass is 9.84. The van der Waals surface area contributed by atoms with Crippen molar-refractivity contribution in [2.75, 3.05) is 26.7 Å². The summed E-state index contributed by atoms with van der Waals surface area (Å²) in [7, 11) is 2.25. The van der Waals surface area contributed by atoms with E-state index in [0.29, 0.717) is 12.1 Å². The monoisotopic (exact) mass is 295 g/mol. The molecule has 1 aliphatic heterocycles. The van der Waals surface area contributed by atoms with Crippen molar-refractivity contribution in [2.45, 2.75) is 51.2 Å². The molecule has 0 saturated carbocycles. The number of thiophene rings is 1. The quantitative estimate of drug-likeness (QED) is 0.906. The van der Waals surface area contributed by atoms with Crippen molar-refractivity contribution in [1.82, 2.24) is 9.80 Å². The van der Waals surface area contributed by atoms with Crippen LogP contribution in [0.3, 0.4) is 0 Å². The lowest BCUT2D eigenvalue weighted by Gasteiger charge is -2.49. The van der Waals surface area contributed by atoms with E-state index in [0.717, 1.165) is 19.6 Å². The molecule has 1 fully saturated rings. The maximum atomic E-state index is 6.20. The number of hydrogen-bond donors (Lipinski definition) is 1. The highest BCUT2D eigenvalue weighted by atomic mass is 32.1. The molecule has 1 aromatic heterocycles. The van der Waals surface area contributed by atoms with Gasteiger partial charge in [-0.15, -0.1) is 11.3 Å². The minimum atomic E-state index is 0.162. The second kappa shape index (κ2) is 6.56. The van der Waals surface area contributed by atoms with E-state index in [-0.39, 0.29) is 5.54 Å². The first-order valence-corrected chi connectivity index (χ1v) is 8.58. The molecule has 0 amide bonds. The zero-order valence-corrected chi connectivity index (χ0v) is 14.1. The Labute approximate surface area is 127 Å². The minimum Gasteiger partial charge on any atom is -0.329 e. The van der Waals surface area contributed by atoms with Crippen LogP contribution in [-0.2, 0) is 0 Å². The van der Waals surface area contributed by atoms with Crippen molar-refractivity contribution >= 4 is 11.3 Å². The molecule has 0 aromatic carbocycles. The molecule has 0 radical (unpaired) electrons. The molecule has 2 rings (SSSR count). The normalized spacial score (nSPS) is 21.6. The van der Waals surface area contributed by atoms with Gasteiger partial charge in [0, 0.05) is 42.1 Å². The van der Waals surface area contributed by atoms with Crippen LogP contribution >= 0.6 is 11.3 Å². The van der Waals surface area contributed by atoms with E-state index in [4.69, 9.17) is 5.73 Å². The average Bonchev–Trinajstić information content (AvgIpc) is 2.99. The summed E-state index contributed by atoms with van der Waals surface area (Å²) in [6, 6.07) is 5.47. The topological polar surface area (TPSA) is 32.5 Å². The molecule has 114 valence electrons. The molecule has 2 N–H and O–H groups in total. The largest absolute Gasteiger partial charge is 0.329 e. The summed E-state index contributed by atoms with van der Waals surface area (Å²) in [6.45, 7) is 9.96. The third-order valence-electron chi connectivity index (χ3n) is 5.12. The highest BCUT2D eigenvalue weighted by Gasteiger charge is 2.39. The second-order valence-electron chi connectivity index (χ2n) is 6.36. The number of likely N-dealkylation sites (N-methyl/N-ethyl adjacent to an activating group) is 1. The molecular formula is C16H29N3S. The van der Waals surface area contributed by atoms with Crippen molar-refractivity contribution in [1.29, 1.82) is 0 Å². The van der Waals surface area contributed by atoms with Gasteiger partial charge >= 0.3 is 0 Å². The third kappa shape index (κ3) is 3.08. The summed E-state index contributed by atoms with van der Waals surface area (Å²) < 4.78 is 0. The van der Waals surface area contributed by atoms with Gasteiger partial charge < -0.3 is 10.6 Å². The van der Waals surface area contributed by atoms with Crippen molar-refractivity contribution in [3.05, 3.63) is 22.4 Å². The van der Waals surface area contributed by atoms with Gasteiger partial charge in [-0.05, 0) is 52.1 Å². The highest BCUT2D eigenvalue weighted by Crippen LogP contribution is 2.35. The molecule has 0 bridgehead atoms. The fourth-order valence-electron chi connectivity index (χ4n) is 3.29. The van der Waals surface area contributed by atoms with Crippen LogP contribution in [0.5, 0.6) is 0 Å². The zero-order chi connectivity index (χ0) is 14.8. The Kier molecular flexibility index (Phi) is 5.24. The number of nitrogens with two attached hydrogens (primary N) is 1. The molecule has 20 heavy (non-hydrogen) atoms. The van der Waals surface area contributed by atoms with E-state index in [9.17, 15) is 0 Å². The van der Waals surface area contributed by atoms with Gasteiger partial charge in [0.25, 0.3) is 0 Å². The SMILES string of the molecule is CC(C)N1CCC(CN)(N(C)C(C)c2cccs2)CC1. The number of nitrogens with zero attached hydrogens (tertiary/aromatic N) is 2. The maximum Gasteiger partial charge on any atom is 0.0416 e. The van der Waals surface area contributed by atoms with Crippen LogP contribution in [0.15, 0.2) is 17.5 Å². The van der Waals surface area contributed by atoms with Gasteiger partial charge in [0.05, 0.1) is 0 Å². The molecule has 1 atom stereocenters. The summed E-state index contributed by atoms with van der Waals surface area (Å²) in [6.07, 6.45) is 2.35. The molecule has 2 heterocycles. The number of rotatable bonds is 5. The van der Waals surface area contributed by atoms with E-state index in [1.54, 1.807) is 0 Å². The minimum absolute atomic E-state index is 0.162. The molecule has 3 nitrogen and oxygen atoms in total. The van der Waals surface area contributed by atoms with Crippen molar-refractivity contribution < 1.29 is 0 Å². The van der Waals surface area contributed by atoms with Gasteiger partial charge in [-0.2, -0.15) is 0 Å². The Bertz CT molecular complexity index is 394.